The highest BCUT2D eigenvalue weighted by molar-refractivity contribution is 5.96. The molecule has 0 atom stereocenters. The number of aromatic nitrogens is 1. The number of hydrogen-bond donors (Lipinski definition) is 0. The molecular weight excluding hydrogens is 366 g/mol. The number of rotatable bonds is 4. The summed E-state index contributed by atoms with van der Waals surface area (Å²) in [6.07, 6.45) is 4.58. The molecule has 2 fully saturated rings. The van der Waals surface area contributed by atoms with E-state index in [0.29, 0.717) is 22.4 Å². The highest BCUT2D eigenvalue weighted by atomic mass is 16.5. The van der Waals surface area contributed by atoms with Crippen LogP contribution in [0.3, 0.4) is 0 Å². The standard InChI is InChI=1S/C23H31N3O3/c1-17-21(18(2)29-24-17)22(27)26-14-10-23(11-15-26)8-12-25(13-9-23)16-19-6-4-5-7-20(19)28-3/h4-7H,8-16H2,1-3H3. The number of ether oxygens (including phenoxy) is 1. The van der Waals surface area contributed by atoms with Crippen molar-refractivity contribution in [2.75, 3.05) is 33.3 Å². The van der Waals surface area contributed by atoms with Gasteiger partial charge in [0.2, 0.25) is 0 Å². The molecule has 2 saturated heterocycles. The summed E-state index contributed by atoms with van der Waals surface area (Å²) in [5.74, 6) is 1.67. The summed E-state index contributed by atoms with van der Waals surface area (Å²) in [4.78, 5) is 17.4. The number of hydrogen-bond acceptors (Lipinski definition) is 5. The van der Waals surface area contributed by atoms with E-state index in [1.165, 1.54) is 18.4 Å². The molecule has 6 heteroatoms. The van der Waals surface area contributed by atoms with E-state index in [1.807, 2.05) is 30.9 Å². The molecule has 3 heterocycles. The van der Waals surface area contributed by atoms with E-state index in [4.69, 9.17) is 9.26 Å². The van der Waals surface area contributed by atoms with Crippen LogP contribution in [0.25, 0.3) is 0 Å². The summed E-state index contributed by atoms with van der Waals surface area (Å²) in [6.45, 7) is 8.47. The van der Waals surface area contributed by atoms with Crippen molar-refractivity contribution in [1.82, 2.24) is 15.0 Å². The van der Waals surface area contributed by atoms with Crippen LogP contribution in [-0.2, 0) is 6.54 Å². The molecule has 1 amide bonds. The Kier molecular flexibility index (Phi) is 5.63. The van der Waals surface area contributed by atoms with Crippen LogP contribution in [0, 0.1) is 19.3 Å². The molecule has 29 heavy (non-hydrogen) atoms. The number of carbonyl (C=O) groups is 1. The molecule has 0 aliphatic carbocycles. The fraction of sp³-hybridized carbons (Fsp3) is 0.565. The lowest BCUT2D eigenvalue weighted by Gasteiger charge is -2.47. The molecule has 156 valence electrons. The van der Waals surface area contributed by atoms with Crippen molar-refractivity contribution < 1.29 is 14.1 Å². The van der Waals surface area contributed by atoms with E-state index in [0.717, 1.165) is 51.3 Å². The number of amides is 1. The van der Waals surface area contributed by atoms with Crippen molar-refractivity contribution >= 4 is 5.91 Å². The second-order valence-corrected chi connectivity index (χ2v) is 8.58. The molecule has 1 aromatic carbocycles. The van der Waals surface area contributed by atoms with Gasteiger partial charge < -0.3 is 14.2 Å². The van der Waals surface area contributed by atoms with Crippen LogP contribution in [0.4, 0.5) is 0 Å². The van der Waals surface area contributed by atoms with Crippen molar-refractivity contribution in [3.05, 3.63) is 46.8 Å². The number of carbonyl (C=O) groups excluding carboxylic acids is 1. The molecule has 6 nitrogen and oxygen atoms in total. The van der Waals surface area contributed by atoms with Gasteiger partial charge in [-0.3, -0.25) is 9.69 Å². The van der Waals surface area contributed by atoms with Crippen LogP contribution in [0.15, 0.2) is 28.8 Å². The van der Waals surface area contributed by atoms with Crippen molar-refractivity contribution in [3.63, 3.8) is 0 Å². The van der Waals surface area contributed by atoms with Gasteiger partial charge in [-0.2, -0.15) is 0 Å². The number of para-hydroxylation sites is 1. The topological polar surface area (TPSA) is 58.8 Å². The first-order chi connectivity index (χ1) is 14.0. The van der Waals surface area contributed by atoms with Crippen LogP contribution in [0.5, 0.6) is 5.75 Å². The molecule has 1 aromatic heterocycles. The third-order valence-corrected chi connectivity index (χ3v) is 6.86. The Morgan fingerprint density at radius 3 is 2.38 bits per heavy atom. The molecule has 0 bridgehead atoms. The second kappa shape index (κ2) is 8.19. The summed E-state index contributed by atoms with van der Waals surface area (Å²) < 4.78 is 10.7. The van der Waals surface area contributed by atoms with Crippen LogP contribution < -0.4 is 4.74 Å². The molecule has 0 unspecified atom stereocenters. The molecule has 2 aliphatic heterocycles. The zero-order chi connectivity index (χ0) is 20.4. The minimum Gasteiger partial charge on any atom is -0.496 e. The monoisotopic (exact) mass is 397 g/mol. The van der Waals surface area contributed by atoms with E-state index < -0.39 is 0 Å². The number of piperidine rings is 2. The Hall–Kier alpha value is -2.34. The molecule has 2 aromatic rings. The highest BCUT2D eigenvalue weighted by Crippen LogP contribution is 2.42. The van der Waals surface area contributed by atoms with Gasteiger partial charge in [0, 0.05) is 25.2 Å². The first kappa shape index (κ1) is 20.0. The largest absolute Gasteiger partial charge is 0.496 e. The summed E-state index contributed by atoms with van der Waals surface area (Å²) in [6, 6.07) is 8.29. The predicted octanol–water partition coefficient (Wildman–Crippen LogP) is 3.82. The third kappa shape index (κ3) is 4.04. The zero-order valence-electron chi connectivity index (χ0n) is 17.7. The summed E-state index contributed by atoms with van der Waals surface area (Å²) in [5, 5.41) is 3.93. The third-order valence-electron chi connectivity index (χ3n) is 6.86. The Balaban J connectivity index is 1.32. The Morgan fingerprint density at radius 2 is 1.76 bits per heavy atom. The molecule has 0 radical (unpaired) electrons. The van der Waals surface area contributed by atoms with Crippen molar-refractivity contribution in [3.8, 4) is 5.75 Å². The number of benzene rings is 1. The van der Waals surface area contributed by atoms with Crippen LogP contribution in [0.2, 0.25) is 0 Å². The Morgan fingerprint density at radius 1 is 1.10 bits per heavy atom. The number of aryl methyl sites for hydroxylation is 2. The summed E-state index contributed by atoms with van der Waals surface area (Å²) >= 11 is 0. The number of likely N-dealkylation sites (tertiary alicyclic amines) is 2. The fourth-order valence-electron chi connectivity index (χ4n) is 4.89. The lowest BCUT2D eigenvalue weighted by Crippen LogP contribution is -2.48. The Bertz CT molecular complexity index is 839. The highest BCUT2D eigenvalue weighted by Gasteiger charge is 2.39. The summed E-state index contributed by atoms with van der Waals surface area (Å²) in [7, 11) is 1.74. The number of nitrogens with zero attached hydrogens (tertiary/aromatic N) is 3. The SMILES string of the molecule is COc1ccccc1CN1CCC2(CC1)CCN(C(=O)c1c(C)noc1C)CC2. The van der Waals surface area contributed by atoms with E-state index in [-0.39, 0.29) is 5.91 Å². The quantitative estimate of drug-likeness (QED) is 0.785. The lowest BCUT2D eigenvalue weighted by atomic mass is 9.71. The molecule has 2 aliphatic rings. The molecule has 0 saturated carbocycles. The van der Waals surface area contributed by atoms with Gasteiger partial charge in [-0.15, -0.1) is 0 Å². The first-order valence-corrected chi connectivity index (χ1v) is 10.6. The van der Waals surface area contributed by atoms with Gasteiger partial charge in [0.05, 0.1) is 12.8 Å². The van der Waals surface area contributed by atoms with E-state index >= 15 is 0 Å². The molecular formula is C23H31N3O3. The molecule has 1 spiro atoms. The van der Waals surface area contributed by atoms with Gasteiger partial charge in [-0.25, -0.2) is 0 Å². The molecule has 4 rings (SSSR count). The zero-order valence-corrected chi connectivity index (χ0v) is 17.7. The van der Waals surface area contributed by atoms with Gasteiger partial charge >= 0.3 is 0 Å². The minimum absolute atomic E-state index is 0.0738. The van der Waals surface area contributed by atoms with Gasteiger partial charge in [0.15, 0.2) is 0 Å². The Labute approximate surface area is 172 Å². The minimum atomic E-state index is 0.0738. The normalized spacial score (nSPS) is 19.5. The van der Waals surface area contributed by atoms with Crippen molar-refractivity contribution in [2.45, 2.75) is 46.1 Å². The smallest absolute Gasteiger partial charge is 0.259 e. The molecule has 0 N–H and O–H groups in total. The maximum absolute atomic E-state index is 12.9. The van der Waals surface area contributed by atoms with Crippen LogP contribution in [-0.4, -0.2) is 54.2 Å². The van der Waals surface area contributed by atoms with E-state index in [2.05, 4.69) is 22.2 Å². The maximum atomic E-state index is 12.9. The predicted molar refractivity (Wildman–Crippen MR) is 111 cm³/mol. The average molecular weight is 398 g/mol. The van der Waals surface area contributed by atoms with Gasteiger partial charge in [-0.1, -0.05) is 23.4 Å². The fourth-order valence-corrected chi connectivity index (χ4v) is 4.89. The van der Waals surface area contributed by atoms with Gasteiger partial charge in [-0.05, 0) is 64.1 Å². The lowest BCUT2D eigenvalue weighted by molar-refractivity contribution is 0.0283. The second-order valence-electron chi connectivity index (χ2n) is 8.58. The van der Waals surface area contributed by atoms with Gasteiger partial charge in [0.25, 0.3) is 5.91 Å². The summed E-state index contributed by atoms with van der Waals surface area (Å²) in [5.41, 5.74) is 2.98. The van der Waals surface area contributed by atoms with Crippen molar-refractivity contribution in [1.29, 1.82) is 0 Å². The van der Waals surface area contributed by atoms with Crippen molar-refractivity contribution in [2.24, 2.45) is 5.41 Å². The number of methoxy groups -OCH3 is 1. The van der Waals surface area contributed by atoms with E-state index in [1.54, 1.807) is 7.11 Å². The average Bonchev–Trinajstić information content (AvgIpc) is 3.08. The van der Waals surface area contributed by atoms with Gasteiger partial charge in [0.1, 0.15) is 17.1 Å². The van der Waals surface area contributed by atoms with E-state index in [9.17, 15) is 4.79 Å². The van der Waals surface area contributed by atoms with Crippen LogP contribution >= 0.6 is 0 Å². The first-order valence-electron chi connectivity index (χ1n) is 10.6. The van der Waals surface area contributed by atoms with Crippen LogP contribution in [0.1, 0.15) is 53.1 Å². The maximum Gasteiger partial charge on any atom is 0.259 e.